The lowest BCUT2D eigenvalue weighted by Gasteiger charge is -2.32. The van der Waals surface area contributed by atoms with Crippen LogP contribution in [0.15, 0.2) is 24.3 Å². The summed E-state index contributed by atoms with van der Waals surface area (Å²) < 4.78 is 0. The number of nitrogens with one attached hydrogen (secondary N) is 1. The predicted octanol–water partition coefficient (Wildman–Crippen LogP) is 2.80. The molecule has 1 aliphatic rings. The van der Waals surface area contributed by atoms with E-state index >= 15 is 0 Å². The number of nitrogens with zero attached hydrogens (tertiary/aromatic N) is 2. The zero-order valence-corrected chi connectivity index (χ0v) is 16.3. The Morgan fingerprint density at radius 1 is 1.20 bits per heavy atom. The van der Waals surface area contributed by atoms with Gasteiger partial charge in [-0.25, -0.2) is 0 Å². The smallest absolute Gasteiger partial charge is 0.253 e. The second kappa shape index (κ2) is 10.4. The minimum absolute atomic E-state index is 0. The highest BCUT2D eigenvalue weighted by molar-refractivity contribution is 5.97. The van der Waals surface area contributed by atoms with Crippen LogP contribution >= 0.6 is 12.4 Å². The monoisotopic (exact) mass is 367 g/mol. The van der Waals surface area contributed by atoms with Crippen LogP contribution < -0.4 is 5.32 Å². The molecule has 0 bridgehead atoms. The molecule has 2 rings (SSSR count). The molecule has 0 radical (unpaired) electrons. The summed E-state index contributed by atoms with van der Waals surface area (Å²) in [6.45, 7) is 7.06. The number of amides is 2. The maximum atomic E-state index is 12.6. The third-order valence-electron chi connectivity index (χ3n) is 4.66. The van der Waals surface area contributed by atoms with Crippen molar-refractivity contribution in [2.45, 2.75) is 39.2 Å². The Kier molecular flexibility index (Phi) is 8.93. The molecule has 2 amide bonds. The molecule has 1 aromatic rings. The number of piperidine rings is 1. The van der Waals surface area contributed by atoms with Gasteiger partial charge in [0.15, 0.2) is 0 Å². The van der Waals surface area contributed by atoms with Gasteiger partial charge in [-0.1, -0.05) is 6.92 Å². The van der Waals surface area contributed by atoms with Gasteiger partial charge in [0.1, 0.15) is 0 Å². The Morgan fingerprint density at radius 3 is 2.40 bits per heavy atom. The summed E-state index contributed by atoms with van der Waals surface area (Å²) in [7, 11) is 1.94. The summed E-state index contributed by atoms with van der Waals surface area (Å²) in [6, 6.07) is 7.47. The molecule has 1 aromatic carbocycles. The van der Waals surface area contributed by atoms with Crippen LogP contribution in [0.5, 0.6) is 0 Å². The molecule has 140 valence electrons. The first-order valence-corrected chi connectivity index (χ1v) is 8.96. The predicted molar refractivity (Wildman–Crippen MR) is 104 cm³/mol. The highest BCUT2D eigenvalue weighted by atomic mass is 35.5. The van der Waals surface area contributed by atoms with Gasteiger partial charge in [0.05, 0.1) is 0 Å². The van der Waals surface area contributed by atoms with E-state index in [1.54, 1.807) is 24.3 Å². The van der Waals surface area contributed by atoms with Crippen molar-refractivity contribution in [1.29, 1.82) is 0 Å². The number of likely N-dealkylation sites (tertiary alicyclic amines) is 1. The van der Waals surface area contributed by atoms with Crippen LogP contribution in [0.3, 0.4) is 0 Å². The quantitative estimate of drug-likeness (QED) is 0.841. The SMILES string of the molecule is CCCN(CC)C(=O)c1ccc(C(=O)N2CCCC(NC)C2)cc1.Cl. The zero-order chi connectivity index (χ0) is 17.5. The lowest BCUT2D eigenvalue weighted by Crippen LogP contribution is -2.46. The molecule has 1 aliphatic heterocycles. The van der Waals surface area contributed by atoms with Crippen molar-refractivity contribution in [2.75, 3.05) is 33.2 Å². The summed E-state index contributed by atoms with van der Waals surface area (Å²) in [4.78, 5) is 28.8. The van der Waals surface area contributed by atoms with Gasteiger partial charge in [-0.05, 0) is 57.5 Å². The Bertz CT molecular complexity index is 562. The summed E-state index contributed by atoms with van der Waals surface area (Å²) in [5, 5.41) is 3.25. The average molecular weight is 368 g/mol. The zero-order valence-electron chi connectivity index (χ0n) is 15.5. The summed E-state index contributed by atoms with van der Waals surface area (Å²) >= 11 is 0. The van der Waals surface area contributed by atoms with E-state index in [-0.39, 0.29) is 24.2 Å². The van der Waals surface area contributed by atoms with E-state index in [1.165, 1.54) is 0 Å². The van der Waals surface area contributed by atoms with E-state index in [0.29, 0.717) is 23.7 Å². The standard InChI is InChI=1S/C19H29N3O2.ClH/c1-4-12-21(5-2)18(23)15-8-10-16(11-9-15)19(24)22-13-6-7-17(14-22)20-3;/h8-11,17,20H,4-7,12-14H2,1-3H3;1H. The van der Waals surface area contributed by atoms with Crippen LogP contribution in [0.4, 0.5) is 0 Å². The molecule has 1 saturated heterocycles. The van der Waals surface area contributed by atoms with Gasteiger partial charge in [0, 0.05) is 43.3 Å². The van der Waals surface area contributed by atoms with Gasteiger partial charge in [-0.2, -0.15) is 0 Å². The number of hydrogen-bond donors (Lipinski definition) is 1. The minimum Gasteiger partial charge on any atom is -0.339 e. The molecule has 0 aromatic heterocycles. The van der Waals surface area contributed by atoms with Crippen molar-refractivity contribution < 1.29 is 9.59 Å². The molecule has 6 heteroatoms. The average Bonchev–Trinajstić information content (AvgIpc) is 2.65. The Balaban J connectivity index is 0.00000312. The summed E-state index contributed by atoms with van der Waals surface area (Å²) in [5.41, 5.74) is 1.30. The van der Waals surface area contributed by atoms with E-state index in [1.807, 2.05) is 23.8 Å². The second-order valence-corrected chi connectivity index (χ2v) is 6.34. The van der Waals surface area contributed by atoms with Gasteiger partial charge < -0.3 is 15.1 Å². The van der Waals surface area contributed by atoms with Gasteiger partial charge in [0.2, 0.25) is 0 Å². The van der Waals surface area contributed by atoms with Crippen LogP contribution in [0.25, 0.3) is 0 Å². The van der Waals surface area contributed by atoms with Crippen molar-refractivity contribution in [3.8, 4) is 0 Å². The molecule has 1 fully saturated rings. The number of rotatable bonds is 6. The van der Waals surface area contributed by atoms with Crippen molar-refractivity contribution in [3.05, 3.63) is 35.4 Å². The molecule has 1 N–H and O–H groups in total. The highest BCUT2D eigenvalue weighted by Crippen LogP contribution is 2.15. The number of carbonyl (C=O) groups excluding carboxylic acids is 2. The van der Waals surface area contributed by atoms with Gasteiger partial charge in [-0.3, -0.25) is 9.59 Å². The Morgan fingerprint density at radius 2 is 1.84 bits per heavy atom. The molecular weight excluding hydrogens is 338 g/mol. The third-order valence-corrected chi connectivity index (χ3v) is 4.66. The van der Waals surface area contributed by atoms with Crippen molar-refractivity contribution in [2.24, 2.45) is 0 Å². The lowest BCUT2D eigenvalue weighted by molar-refractivity contribution is 0.0696. The van der Waals surface area contributed by atoms with Crippen molar-refractivity contribution >= 4 is 24.2 Å². The Hall–Kier alpha value is -1.59. The molecule has 25 heavy (non-hydrogen) atoms. The van der Waals surface area contributed by atoms with Crippen LogP contribution in [0.2, 0.25) is 0 Å². The summed E-state index contributed by atoms with van der Waals surface area (Å²) in [6.07, 6.45) is 3.08. The molecule has 1 heterocycles. The van der Waals surface area contributed by atoms with E-state index in [2.05, 4.69) is 12.2 Å². The topological polar surface area (TPSA) is 52.7 Å². The first-order chi connectivity index (χ1) is 11.6. The molecule has 0 spiro atoms. The van der Waals surface area contributed by atoms with Crippen LogP contribution in [0, 0.1) is 0 Å². The molecule has 1 unspecified atom stereocenters. The number of halogens is 1. The number of hydrogen-bond acceptors (Lipinski definition) is 3. The van der Waals surface area contributed by atoms with E-state index in [4.69, 9.17) is 0 Å². The lowest BCUT2D eigenvalue weighted by atomic mass is 10.0. The van der Waals surface area contributed by atoms with E-state index in [9.17, 15) is 9.59 Å². The first kappa shape index (κ1) is 21.5. The maximum absolute atomic E-state index is 12.6. The number of carbonyl (C=O) groups is 2. The molecular formula is C19H30ClN3O2. The van der Waals surface area contributed by atoms with Gasteiger partial charge >= 0.3 is 0 Å². The molecule has 5 nitrogen and oxygen atoms in total. The summed E-state index contributed by atoms with van der Waals surface area (Å²) in [5.74, 6) is 0.0847. The van der Waals surface area contributed by atoms with Crippen LogP contribution in [-0.2, 0) is 0 Å². The third kappa shape index (κ3) is 5.44. The minimum atomic E-state index is 0. The Labute approximate surface area is 157 Å². The molecule has 0 saturated carbocycles. The van der Waals surface area contributed by atoms with Gasteiger partial charge in [-0.15, -0.1) is 12.4 Å². The first-order valence-electron chi connectivity index (χ1n) is 8.96. The molecule has 1 atom stereocenters. The van der Waals surface area contributed by atoms with E-state index < -0.39 is 0 Å². The van der Waals surface area contributed by atoms with Crippen LogP contribution in [0.1, 0.15) is 53.8 Å². The number of benzene rings is 1. The number of likely N-dealkylation sites (N-methyl/N-ethyl adjacent to an activating group) is 1. The van der Waals surface area contributed by atoms with Gasteiger partial charge in [0.25, 0.3) is 11.8 Å². The largest absolute Gasteiger partial charge is 0.339 e. The fourth-order valence-electron chi connectivity index (χ4n) is 3.19. The molecule has 0 aliphatic carbocycles. The van der Waals surface area contributed by atoms with Crippen molar-refractivity contribution in [1.82, 2.24) is 15.1 Å². The second-order valence-electron chi connectivity index (χ2n) is 6.34. The fourth-order valence-corrected chi connectivity index (χ4v) is 3.19. The van der Waals surface area contributed by atoms with Crippen molar-refractivity contribution in [3.63, 3.8) is 0 Å². The normalized spacial score (nSPS) is 16.9. The highest BCUT2D eigenvalue weighted by Gasteiger charge is 2.23. The van der Waals surface area contributed by atoms with E-state index in [0.717, 1.165) is 38.9 Å². The van der Waals surface area contributed by atoms with Crippen LogP contribution in [-0.4, -0.2) is 60.9 Å². The fraction of sp³-hybridized carbons (Fsp3) is 0.579. The maximum Gasteiger partial charge on any atom is 0.253 e.